The van der Waals surface area contributed by atoms with Gasteiger partial charge in [0.1, 0.15) is 6.61 Å². The van der Waals surface area contributed by atoms with Crippen molar-refractivity contribution >= 4 is 46.6 Å². The monoisotopic (exact) mass is 488 g/mol. The third-order valence-corrected chi connectivity index (χ3v) is 7.35. The second kappa shape index (κ2) is 7.85. The molecule has 8 heteroatoms. The highest BCUT2D eigenvalue weighted by Crippen LogP contribution is 2.67. The smallest absolute Gasteiger partial charge is 0.414 e. The van der Waals surface area contributed by atoms with Crippen LogP contribution in [0.15, 0.2) is 66.7 Å². The minimum absolute atomic E-state index is 0.0234. The van der Waals surface area contributed by atoms with E-state index in [1.165, 1.54) is 12.0 Å². The third-order valence-electron chi connectivity index (χ3n) is 7.10. The van der Waals surface area contributed by atoms with E-state index < -0.39 is 17.5 Å². The number of esters is 1. The molecule has 2 atom stereocenters. The summed E-state index contributed by atoms with van der Waals surface area (Å²) < 4.78 is 10.0. The maximum atomic E-state index is 14.1. The van der Waals surface area contributed by atoms with E-state index in [4.69, 9.17) is 21.1 Å². The predicted molar refractivity (Wildman–Crippen MR) is 131 cm³/mol. The average Bonchev–Trinajstić information content (AvgIpc) is 3.40. The van der Waals surface area contributed by atoms with Crippen molar-refractivity contribution in [3.63, 3.8) is 0 Å². The molecule has 2 aliphatic heterocycles. The van der Waals surface area contributed by atoms with Crippen LogP contribution in [0.3, 0.4) is 0 Å². The Morgan fingerprint density at radius 3 is 2.51 bits per heavy atom. The standard InChI is InChI=1S/C27H21ClN2O5/c1-34-24(31)17-12-19(29-10-11-35-26(29)33)14-20(13-17)30-23-5-3-2-4-21(23)27(25(30)32)15-22(27)16-6-8-18(28)9-7-16/h2-9,12-14,22H,10-11,15H2,1H3/t22-,27+/m1/s1. The number of amides is 2. The molecule has 6 rings (SSSR count). The second-order valence-electron chi connectivity index (χ2n) is 8.93. The number of carbonyl (C=O) groups is 3. The van der Waals surface area contributed by atoms with Gasteiger partial charge in [-0.15, -0.1) is 0 Å². The van der Waals surface area contributed by atoms with E-state index >= 15 is 0 Å². The van der Waals surface area contributed by atoms with Gasteiger partial charge in [-0.1, -0.05) is 41.9 Å². The molecule has 3 aliphatic rings. The van der Waals surface area contributed by atoms with Crippen molar-refractivity contribution in [1.29, 1.82) is 0 Å². The molecule has 1 aliphatic carbocycles. The van der Waals surface area contributed by atoms with Gasteiger partial charge in [0.25, 0.3) is 0 Å². The molecule has 2 fully saturated rings. The molecule has 1 spiro atoms. The SMILES string of the molecule is COC(=O)c1cc(N2CCOC2=O)cc(N2C(=O)[C@@]3(C[C@@H]3c3ccc(Cl)cc3)c3ccccc32)c1. The summed E-state index contributed by atoms with van der Waals surface area (Å²) in [6, 6.07) is 20.3. The molecule has 0 unspecified atom stereocenters. The van der Waals surface area contributed by atoms with Gasteiger partial charge in [-0.3, -0.25) is 14.6 Å². The van der Waals surface area contributed by atoms with E-state index in [2.05, 4.69) is 0 Å². The number of ether oxygens (including phenoxy) is 2. The molecule has 176 valence electrons. The molecule has 2 heterocycles. The van der Waals surface area contributed by atoms with Crippen LogP contribution in [0.4, 0.5) is 21.9 Å². The number of benzene rings is 3. The summed E-state index contributed by atoms with van der Waals surface area (Å²) in [6.45, 7) is 0.615. The van der Waals surface area contributed by atoms with Crippen LogP contribution < -0.4 is 9.80 Å². The largest absolute Gasteiger partial charge is 0.465 e. The van der Waals surface area contributed by atoms with Gasteiger partial charge in [0.15, 0.2) is 0 Å². The molecular formula is C27H21ClN2O5. The van der Waals surface area contributed by atoms with Gasteiger partial charge < -0.3 is 9.47 Å². The molecule has 0 aromatic heterocycles. The van der Waals surface area contributed by atoms with E-state index in [0.29, 0.717) is 29.4 Å². The normalized spacial score (nSPS) is 22.4. The van der Waals surface area contributed by atoms with Crippen molar-refractivity contribution in [1.82, 2.24) is 0 Å². The van der Waals surface area contributed by atoms with Crippen LogP contribution in [0.1, 0.15) is 33.8 Å². The van der Waals surface area contributed by atoms with E-state index in [1.807, 2.05) is 48.5 Å². The van der Waals surface area contributed by atoms with Crippen LogP contribution in [0.2, 0.25) is 5.02 Å². The van der Waals surface area contributed by atoms with Crippen LogP contribution in [-0.2, 0) is 19.7 Å². The molecule has 0 bridgehead atoms. The van der Waals surface area contributed by atoms with Gasteiger partial charge in [0.05, 0.1) is 41.7 Å². The molecule has 2 amide bonds. The molecule has 1 saturated heterocycles. The number of rotatable bonds is 4. The Bertz CT molecular complexity index is 1390. The Morgan fingerprint density at radius 1 is 1.06 bits per heavy atom. The Kier molecular flexibility index (Phi) is 4.86. The maximum absolute atomic E-state index is 14.1. The lowest BCUT2D eigenvalue weighted by Crippen LogP contribution is -2.30. The highest BCUT2D eigenvalue weighted by atomic mass is 35.5. The van der Waals surface area contributed by atoms with Crippen molar-refractivity contribution in [2.24, 2.45) is 0 Å². The van der Waals surface area contributed by atoms with E-state index in [0.717, 1.165) is 16.8 Å². The van der Waals surface area contributed by atoms with Gasteiger partial charge in [0.2, 0.25) is 5.91 Å². The fraction of sp³-hybridized carbons (Fsp3) is 0.222. The summed E-state index contributed by atoms with van der Waals surface area (Å²) in [4.78, 5) is 42.0. The number of carbonyl (C=O) groups excluding carboxylic acids is 3. The lowest BCUT2D eigenvalue weighted by atomic mass is 9.92. The molecule has 1 saturated carbocycles. The number of halogens is 1. The first-order chi connectivity index (χ1) is 16.9. The quantitative estimate of drug-likeness (QED) is 0.472. The van der Waals surface area contributed by atoms with Gasteiger partial charge in [-0.05, 0) is 53.9 Å². The summed E-state index contributed by atoms with van der Waals surface area (Å²) in [5.74, 6) is -0.591. The Labute approximate surface area is 206 Å². The summed E-state index contributed by atoms with van der Waals surface area (Å²) in [7, 11) is 1.30. The Morgan fingerprint density at radius 2 is 1.80 bits per heavy atom. The lowest BCUT2D eigenvalue weighted by molar-refractivity contribution is -0.119. The first-order valence-electron chi connectivity index (χ1n) is 11.3. The minimum Gasteiger partial charge on any atom is -0.465 e. The molecule has 0 N–H and O–H groups in total. The first kappa shape index (κ1) is 21.7. The number of cyclic esters (lactones) is 1. The number of methoxy groups -OCH3 is 1. The molecule has 7 nitrogen and oxygen atoms in total. The molecule has 35 heavy (non-hydrogen) atoms. The first-order valence-corrected chi connectivity index (χ1v) is 11.7. The molecule has 3 aromatic rings. The van der Waals surface area contributed by atoms with Crippen molar-refractivity contribution in [2.45, 2.75) is 17.8 Å². The number of fused-ring (bicyclic) bond motifs is 2. The summed E-state index contributed by atoms with van der Waals surface area (Å²) in [6.07, 6.45) is 0.191. The van der Waals surface area contributed by atoms with Crippen LogP contribution in [0.5, 0.6) is 0 Å². The third kappa shape index (κ3) is 3.22. The zero-order valence-electron chi connectivity index (χ0n) is 18.9. The van der Waals surface area contributed by atoms with Crippen molar-refractivity contribution in [2.75, 3.05) is 30.1 Å². The van der Waals surface area contributed by atoms with Gasteiger partial charge in [0, 0.05) is 10.9 Å². The van der Waals surface area contributed by atoms with E-state index in [9.17, 15) is 14.4 Å². The molecule has 0 radical (unpaired) electrons. The maximum Gasteiger partial charge on any atom is 0.414 e. The van der Waals surface area contributed by atoms with E-state index in [1.54, 1.807) is 23.1 Å². The fourth-order valence-electron chi connectivity index (χ4n) is 5.36. The summed E-state index contributed by atoms with van der Waals surface area (Å²) >= 11 is 6.08. The van der Waals surface area contributed by atoms with Crippen molar-refractivity contribution in [3.8, 4) is 0 Å². The van der Waals surface area contributed by atoms with E-state index in [-0.39, 0.29) is 24.0 Å². The number of nitrogens with zero attached hydrogens (tertiary/aromatic N) is 2. The lowest BCUT2D eigenvalue weighted by Gasteiger charge is -2.22. The van der Waals surface area contributed by atoms with Gasteiger partial charge in [-0.25, -0.2) is 9.59 Å². The minimum atomic E-state index is -0.682. The topological polar surface area (TPSA) is 76.2 Å². The number of anilines is 3. The summed E-state index contributed by atoms with van der Waals surface area (Å²) in [5.41, 5.74) is 3.32. The zero-order chi connectivity index (χ0) is 24.3. The van der Waals surface area contributed by atoms with Crippen LogP contribution in [0.25, 0.3) is 0 Å². The summed E-state index contributed by atoms with van der Waals surface area (Å²) in [5, 5.41) is 0.649. The van der Waals surface area contributed by atoms with Crippen molar-refractivity contribution < 1.29 is 23.9 Å². The Balaban J connectivity index is 1.47. The average molecular weight is 489 g/mol. The number of hydrogen-bond acceptors (Lipinski definition) is 5. The highest BCUT2D eigenvalue weighted by molar-refractivity contribution is 6.30. The number of para-hydroxylation sites is 1. The van der Waals surface area contributed by atoms with Gasteiger partial charge >= 0.3 is 12.1 Å². The molecular weight excluding hydrogens is 468 g/mol. The Hall–Kier alpha value is -3.84. The number of hydrogen-bond donors (Lipinski definition) is 0. The predicted octanol–water partition coefficient (Wildman–Crippen LogP) is 5.19. The molecule has 3 aromatic carbocycles. The van der Waals surface area contributed by atoms with Crippen LogP contribution >= 0.6 is 11.6 Å². The second-order valence-corrected chi connectivity index (χ2v) is 9.37. The van der Waals surface area contributed by atoms with Crippen LogP contribution in [0, 0.1) is 0 Å². The fourth-order valence-corrected chi connectivity index (χ4v) is 5.49. The van der Waals surface area contributed by atoms with Crippen molar-refractivity contribution in [3.05, 3.63) is 88.4 Å². The van der Waals surface area contributed by atoms with Gasteiger partial charge in [-0.2, -0.15) is 0 Å². The zero-order valence-corrected chi connectivity index (χ0v) is 19.6. The highest BCUT2D eigenvalue weighted by Gasteiger charge is 2.67. The van der Waals surface area contributed by atoms with Crippen LogP contribution in [-0.4, -0.2) is 38.2 Å².